The normalized spacial score (nSPS) is 28.4. The monoisotopic (exact) mass is 469 g/mol. The molecule has 1 aliphatic heterocycles. The van der Waals surface area contributed by atoms with Crippen molar-refractivity contribution >= 4 is 15.9 Å². The van der Waals surface area contributed by atoms with Crippen molar-refractivity contribution in [3.8, 4) is 11.1 Å². The molecular formula is C25H35N5O2S. The van der Waals surface area contributed by atoms with Gasteiger partial charge in [0.2, 0.25) is 0 Å². The molecule has 0 unspecified atom stereocenters. The van der Waals surface area contributed by atoms with Gasteiger partial charge in [-0.25, -0.2) is 0 Å². The summed E-state index contributed by atoms with van der Waals surface area (Å²) in [4.78, 5) is 0. The van der Waals surface area contributed by atoms with Gasteiger partial charge in [0.25, 0.3) is 0 Å². The summed E-state index contributed by atoms with van der Waals surface area (Å²) in [7, 11) is -3.54. The van der Waals surface area contributed by atoms with Crippen molar-refractivity contribution in [3.63, 3.8) is 0 Å². The second-order valence-corrected chi connectivity index (χ2v) is 11.4. The zero-order chi connectivity index (χ0) is 22.8. The van der Waals surface area contributed by atoms with Crippen LogP contribution in [0.3, 0.4) is 0 Å². The lowest BCUT2D eigenvalue weighted by Crippen LogP contribution is -2.48. The molecule has 0 spiro atoms. The van der Waals surface area contributed by atoms with Gasteiger partial charge < -0.3 is 16.4 Å². The van der Waals surface area contributed by atoms with Crippen LogP contribution in [-0.2, 0) is 10.2 Å². The van der Waals surface area contributed by atoms with E-state index in [4.69, 9.17) is 5.73 Å². The van der Waals surface area contributed by atoms with Crippen LogP contribution in [0.1, 0.15) is 43.6 Å². The molecule has 5 rings (SSSR count). The summed E-state index contributed by atoms with van der Waals surface area (Å²) >= 11 is 0. The van der Waals surface area contributed by atoms with Crippen LogP contribution >= 0.6 is 0 Å². The smallest absolute Gasteiger partial charge is 0.301 e. The molecule has 2 saturated carbocycles. The van der Waals surface area contributed by atoms with E-state index in [1.165, 1.54) is 29.1 Å². The van der Waals surface area contributed by atoms with Crippen LogP contribution in [0.25, 0.3) is 11.1 Å². The largest absolute Gasteiger partial charge is 0.328 e. The average Bonchev–Trinajstić information content (AvgIpc) is 3.60. The Morgan fingerprint density at radius 3 is 2.39 bits per heavy atom. The minimum absolute atomic E-state index is 0.390. The van der Waals surface area contributed by atoms with Crippen molar-refractivity contribution in [2.45, 2.75) is 56.1 Å². The number of hydrogen-bond acceptors (Lipinski definition) is 5. The van der Waals surface area contributed by atoms with E-state index in [1.54, 1.807) is 6.07 Å². The maximum absolute atomic E-state index is 12.7. The summed E-state index contributed by atoms with van der Waals surface area (Å²) in [5, 5.41) is 7.02. The Hall–Kier alpha value is -1.97. The van der Waals surface area contributed by atoms with Gasteiger partial charge in [0.15, 0.2) is 0 Å². The molecule has 0 amide bonds. The first kappa shape index (κ1) is 22.8. The maximum Gasteiger partial charge on any atom is 0.301 e. The van der Waals surface area contributed by atoms with E-state index in [0.29, 0.717) is 55.9 Å². The van der Waals surface area contributed by atoms with E-state index in [-0.39, 0.29) is 0 Å². The Bertz CT molecular complexity index is 1040. The maximum atomic E-state index is 12.7. The number of nitrogens with two attached hydrogens (primary N) is 1. The van der Waals surface area contributed by atoms with Crippen molar-refractivity contribution in [2.24, 2.45) is 5.73 Å². The van der Waals surface area contributed by atoms with Gasteiger partial charge in [-0.05, 0) is 60.9 Å². The third kappa shape index (κ3) is 5.58. The first-order valence-corrected chi connectivity index (χ1v) is 13.6. The van der Waals surface area contributed by atoms with Crippen LogP contribution < -0.4 is 21.1 Å². The Balaban J connectivity index is 1.20. The summed E-state index contributed by atoms with van der Waals surface area (Å²) < 4.78 is 29.6. The Morgan fingerprint density at radius 2 is 1.67 bits per heavy atom. The lowest BCUT2D eigenvalue weighted by molar-refractivity contribution is 0.339. The Labute approximate surface area is 197 Å². The third-order valence-corrected chi connectivity index (χ3v) is 8.75. The fourth-order valence-corrected chi connectivity index (χ4v) is 6.34. The lowest BCUT2D eigenvalue weighted by atomic mass is 9.92. The molecule has 33 heavy (non-hydrogen) atoms. The summed E-state index contributed by atoms with van der Waals surface area (Å²) in [6.45, 7) is 2.34. The highest BCUT2D eigenvalue weighted by Crippen LogP contribution is 2.42. The number of nitrogens with one attached hydrogen (secondary N) is 3. The molecule has 1 saturated heterocycles. The van der Waals surface area contributed by atoms with Crippen molar-refractivity contribution in [3.05, 3.63) is 54.1 Å². The summed E-state index contributed by atoms with van der Waals surface area (Å²) in [6.07, 6.45) is 5.85. The molecule has 2 aliphatic carbocycles. The quantitative estimate of drug-likeness (QED) is 0.500. The molecule has 3 aliphatic rings. The van der Waals surface area contributed by atoms with E-state index in [1.807, 2.05) is 18.2 Å². The fourth-order valence-electron chi connectivity index (χ4n) is 5.12. The van der Waals surface area contributed by atoms with Gasteiger partial charge in [0, 0.05) is 50.2 Å². The van der Waals surface area contributed by atoms with E-state index in [0.717, 1.165) is 24.0 Å². The van der Waals surface area contributed by atoms with Crippen LogP contribution in [0.2, 0.25) is 0 Å². The van der Waals surface area contributed by atoms with Crippen molar-refractivity contribution in [1.29, 1.82) is 0 Å². The van der Waals surface area contributed by atoms with E-state index in [9.17, 15) is 8.42 Å². The first-order chi connectivity index (χ1) is 16.0. The summed E-state index contributed by atoms with van der Waals surface area (Å²) in [5.41, 5.74) is 10.1. The van der Waals surface area contributed by atoms with Gasteiger partial charge in [-0.15, -0.1) is 0 Å². The molecule has 0 aromatic heterocycles. The number of piperazine rings is 1. The Morgan fingerprint density at radius 1 is 0.939 bits per heavy atom. The summed E-state index contributed by atoms with van der Waals surface area (Å²) in [6, 6.07) is 17.9. The van der Waals surface area contributed by atoms with Gasteiger partial charge in [0.1, 0.15) is 0 Å². The first-order valence-electron chi connectivity index (χ1n) is 12.2. The van der Waals surface area contributed by atoms with Crippen molar-refractivity contribution in [2.75, 3.05) is 30.9 Å². The number of anilines is 1. The predicted octanol–water partition coefficient (Wildman–Crippen LogP) is 2.63. The molecule has 1 heterocycles. The van der Waals surface area contributed by atoms with Gasteiger partial charge in [0.05, 0.1) is 5.69 Å². The second kappa shape index (κ2) is 9.72. The molecule has 2 aromatic carbocycles. The Kier molecular flexibility index (Phi) is 6.72. The minimum Gasteiger partial charge on any atom is -0.328 e. The topological polar surface area (TPSA) is 99.5 Å². The van der Waals surface area contributed by atoms with Crippen LogP contribution in [-0.4, -0.2) is 57.0 Å². The van der Waals surface area contributed by atoms with Gasteiger partial charge in [-0.1, -0.05) is 36.4 Å². The number of hydrogen-bond donors (Lipinski definition) is 4. The molecule has 7 nitrogen and oxygen atoms in total. The fraction of sp³-hybridized carbons (Fsp3) is 0.520. The van der Waals surface area contributed by atoms with Crippen LogP contribution in [0.5, 0.6) is 0 Å². The molecule has 5 N–H and O–H groups in total. The van der Waals surface area contributed by atoms with Gasteiger partial charge >= 0.3 is 10.2 Å². The number of nitrogens with zero attached hydrogens (tertiary/aromatic N) is 1. The van der Waals surface area contributed by atoms with Crippen LogP contribution in [0.15, 0.2) is 48.5 Å². The molecule has 8 heteroatoms. The number of rotatable bonds is 7. The molecule has 0 bridgehead atoms. The number of benzene rings is 2. The zero-order valence-electron chi connectivity index (χ0n) is 19.0. The van der Waals surface area contributed by atoms with Crippen molar-refractivity contribution in [1.82, 2.24) is 14.9 Å². The minimum atomic E-state index is -3.54. The summed E-state index contributed by atoms with van der Waals surface area (Å²) in [5.74, 6) is 0.590. The van der Waals surface area contributed by atoms with E-state index < -0.39 is 10.2 Å². The highest BCUT2D eigenvalue weighted by atomic mass is 32.2. The van der Waals surface area contributed by atoms with Crippen LogP contribution in [0, 0.1) is 0 Å². The molecule has 3 fully saturated rings. The van der Waals surface area contributed by atoms with Crippen LogP contribution in [0.4, 0.5) is 5.69 Å². The molecule has 2 aromatic rings. The van der Waals surface area contributed by atoms with E-state index >= 15 is 0 Å². The third-order valence-electron chi connectivity index (χ3n) is 7.21. The van der Waals surface area contributed by atoms with Gasteiger partial charge in [-0.3, -0.25) is 4.72 Å². The van der Waals surface area contributed by atoms with Crippen molar-refractivity contribution < 1.29 is 8.42 Å². The SMILES string of the molecule is N[C@H]1CC[C@H](N[C@@H]2C[C@H]2c2ccc(-c3cccc(NS(=O)(=O)N4CCNCC4)c3)cc2)CC1. The standard InChI is InChI=1S/C25H35N5O2S/c26-21-8-10-22(11-9-21)28-25-17-24(25)19-6-4-18(5-7-19)20-2-1-3-23(16-20)29-33(31,32)30-14-12-27-13-15-30/h1-7,16,21-22,24-25,27-29H,8-15,17,26H2/t21-,22-,24-,25+/m0/s1. The molecule has 2 atom stereocenters. The molecule has 0 radical (unpaired) electrons. The zero-order valence-corrected chi connectivity index (χ0v) is 19.9. The van der Waals surface area contributed by atoms with E-state index in [2.05, 4.69) is 39.6 Å². The average molecular weight is 470 g/mol. The lowest BCUT2D eigenvalue weighted by Gasteiger charge is -2.27. The highest BCUT2D eigenvalue weighted by molar-refractivity contribution is 7.90. The second-order valence-electron chi connectivity index (χ2n) is 9.69. The highest BCUT2D eigenvalue weighted by Gasteiger charge is 2.39. The predicted molar refractivity (Wildman–Crippen MR) is 133 cm³/mol. The molecular weight excluding hydrogens is 434 g/mol. The van der Waals surface area contributed by atoms with Gasteiger partial charge in [-0.2, -0.15) is 12.7 Å². The molecule has 178 valence electrons.